The van der Waals surface area contributed by atoms with E-state index in [1.54, 1.807) is 6.92 Å². The van der Waals surface area contributed by atoms with E-state index in [1.165, 1.54) is 0 Å². The third-order valence-corrected chi connectivity index (χ3v) is 12.9. The number of hydrogen-bond acceptors (Lipinski definition) is 8. The summed E-state index contributed by atoms with van der Waals surface area (Å²) in [5.41, 5.74) is -1.59. The van der Waals surface area contributed by atoms with Gasteiger partial charge in [0.2, 0.25) is 0 Å². The molecule has 4 bridgehead atoms. The van der Waals surface area contributed by atoms with Crippen LogP contribution in [0.5, 0.6) is 0 Å². The molecule has 3 unspecified atom stereocenters. The molecule has 46 heavy (non-hydrogen) atoms. The molecular weight excluding hydrogens is 584 g/mol. The third kappa shape index (κ3) is 7.00. The van der Waals surface area contributed by atoms with E-state index < -0.39 is 22.4 Å². The summed E-state index contributed by atoms with van der Waals surface area (Å²) in [4.78, 5) is 13.2. The highest BCUT2D eigenvalue weighted by atomic mass is 16.6. The zero-order valence-corrected chi connectivity index (χ0v) is 29.4. The van der Waals surface area contributed by atoms with Gasteiger partial charge in [0.25, 0.3) is 0 Å². The van der Waals surface area contributed by atoms with Gasteiger partial charge >= 0.3 is 5.97 Å². The molecule has 8 nitrogen and oxygen atoms in total. The van der Waals surface area contributed by atoms with Crippen molar-refractivity contribution in [2.75, 3.05) is 39.6 Å². The van der Waals surface area contributed by atoms with E-state index >= 15 is 0 Å². The van der Waals surface area contributed by atoms with E-state index in [-0.39, 0.29) is 22.8 Å². The molecule has 0 aromatic carbocycles. The second kappa shape index (κ2) is 13.4. The Morgan fingerprint density at radius 1 is 0.587 bits per heavy atom. The second-order valence-electron chi connectivity index (χ2n) is 16.2. The first-order chi connectivity index (χ1) is 22.0. The fourth-order valence-electron chi connectivity index (χ4n) is 10.3. The summed E-state index contributed by atoms with van der Waals surface area (Å²) >= 11 is 0. The summed E-state index contributed by atoms with van der Waals surface area (Å²) in [7, 11) is 0. The fraction of sp³-hybridized carbons (Fsp3) is 0.921. The molecule has 8 heteroatoms. The Morgan fingerprint density at radius 2 is 0.891 bits per heavy atom. The molecule has 262 valence electrons. The lowest BCUT2D eigenvalue weighted by Gasteiger charge is -2.68. The molecule has 3 saturated heterocycles. The van der Waals surface area contributed by atoms with Gasteiger partial charge in [-0.2, -0.15) is 0 Å². The number of rotatable bonds is 20. The van der Waals surface area contributed by atoms with E-state index in [9.17, 15) is 4.79 Å². The monoisotopic (exact) mass is 646 g/mol. The Kier molecular flexibility index (Phi) is 10.1. The van der Waals surface area contributed by atoms with Crippen LogP contribution in [0.2, 0.25) is 0 Å². The zero-order chi connectivity index (χ0) is 32.6. The molecule has 0 aromatic rings. The Morgan fingerprint density at radius 3 is 1.13 bits per heavy atom. The van der Waals surface area contributed by atoms with Crippen molar-refractivity contribution in [1.29, 1.82) is 0 Å². The minimum absolute atomic E-state index is 0.0255. The summed E-state index contributed by atoms with van der Waals surface area (Å²) in [5.74, 6) is -0.326. The fourth-order valence-corrected chi connectivity index (χ4v) is 10.3. The smallest absolute Gasteiger partial charge is 0.333 e. The lowest BCUT2D eigenvalue weighted by atomic mass is 9.48. The zero-order valence-electron chi connectivity index (χ0n) is 29.4. The first-order valence-corrected chi connectivity index (χ1v) is 18.7. The quantitative estimate of drug-likeness (QED) is 0.0763. The highest BCUT2D eigenvalue weighted by Gasteiger charge is 2.72. The molecule has 4 saturated carbocycles. The summed E-state index contributed by atoms with van der Waals surface area (Å²) in [6.45, 7) is 16.9. The van der Waals surface area contributed by atoms with Crippen molar-refractivity contribution in [1.82, 2.24) is 0 Å². The molecular formula is C38H62O8. The SMILES string of the molecule is C=C(C)C(=O)OC12CC3(OCCCC4(CC)CCO4)CC(OCCCC4(CC)CCO4)(CC(OCCCC4(CC)CCO4)(C3)C1)C2. The summed E-state index contributed by atoms with van der Waals surface area (Å²) < 4.78 is 45.5. The van der Waals surface area contributed by atoms with Crippen LogP contribution in [0.4, 0.5) is 0 Å². The maximum atomic E-state index is 13.2. The number of carbonyl (C=O) groups is 1. The highest BCUT2D eigenvalue weighted by molar-refractivity contribution is 5.87. The first-order valence-electron chi connectivity index (χ1n) is 18.7. The van der Waals surface area contributed by atoms with Crippen LogP contribution < -0.4 is 0 Å². The molecule has 0 aromatic heterocycles. The van der Waals surface area contributed by atoms with Gasteiger partial charge in [0.1, 0.15) is 5.60 Å². The summed E-state index contributed by atoms with van der Waals surface area (Å²) in [6, 6.07) is 0. The van der Waals surface area contributed by atoms with Gasteiger partial charge in [0, 0.05) is 63.9 Å². The van der Waals surface area contributed by atoms with E-state index in [4.69, 9.17) is 33.2 Å². The average Bonchev–Trinajstić information content (AvgIpc) is 2.94. The van der Waals surface area contributed by atoms with Gasteiger partial charge in [-0.25, -0.2) is 4.79 Å². The molecule has 7 rings (SSSR count). The molecule has 3 heterocycles. The average molecular weight is 647 g/mol. The molecule has 7 fully saturated rings. The molecule has 0 radical (unpaired) electrons. The highest BCUT2D eigenvalue weighted by Crippen LogP contribution is 2.65. The first kappa shape index (κ1) is 34.8. The van der Waals surface area contributed by atoms with Crippen molar-refractivity contribution >= 4 is 5.97 Å². The maximum absolute atomic E-state index is 13.2. The van der Waals surface area contributed by atoms with Crippen molar-refractivity contribution in [2.24, 2.45) is 0 Å². The van der Waals surface area contributed by atoms with Crippen LogP contribution in [-0.2, 0) is 38.0 Å². The molecule has 4 aliphatic carbocycles. The van der Waals surface area contributed by atoms with Gasteiger partial charge in [0.05, 0.1) is 53.4 Å². The normalized spacial score (nSPS) is 42.3. The van der Waals surface area contributed by atoms with Gasteiger partial charge in [-0.05, 0) is 84.0 Å². The van der Waals surface area contributed by atoms with Crippen molar-refractivity contribution in [3.05, 3.63) is 12.2 Å². The van der Waals surface area contributed by atoms with Crippen LogP contribution >= 0.6 is 0 Å². The molecule has 0 amide bonds. The molecule has 0 N–H and O–H groups in total. The van der Waals surface area contributed by atoms with Gasteiger partial charge in [-0.3, -0.25) is 0 Å². The summed E-state index contributed by atoms with van der Waals surface area (Å²) in [6.07, 6.45) is 16.9. The lowest BCUT2D eigenvalue weighted by molar-refractivity contribution is -0.328. The number of hydrogen-bond donors (Lipinski definition) is 0. The van der Waals surface area contributed by atoms with Crippen LogP contribution in [0, 0.1) is 0 Å². The van der Waals surface area contributed by atoms with Crippen molar-refractivity contribution in [3.63, 3.8) is 0 Å². The van der Waals surface area contributed by atoms with Crippen LogP contribution in [0.1, 0.15) is 143 Å². The van der Waals surface area contributed by atoms with Crippen LogP contribution in [0.3, 0.4) is 0 Å². The number of esters is 1. The Hall–Kier alpha value is -1.03. The van der Waals surface area contributed by atoms with E-state index in [0.29, 0.717) is 44.7 Å². The Balaban J connectivity index is 1.20. The summed E-state index contributed by atoms with van der Waals surface area (Å²) in [5, 5.41) is 0. The maximum Gasteiger partial charge on any atom is 0.333 e. The van der Waals surface area contributed by atoms with Gasteiger partial charge < -0.3 is 33.2 Å². The van der Waals surface area contributed by atoms with Crippen molar-refractivity contribution in [2.45, 2.75) is 182 Å². The van der Waals surface area contributed by atoms with Gasteiger partial charge in [0.15, 0.2) is 0 Å². The third-order valence-electron chi connectivity index (χ3n) is 12.9. The second-order valence-corrected chi connectivity index (χ2v) is 16.2. The van der Waals surface area contributed by atoms with E-state index in [1.807, 2.05) is 0 Å². The molecule has 7 aliphatic rings. The van der Waals surface area contributed by atoms with Gasteiger partial charge in [-0.1, -0.05) is 27.4 Å². The van der Waals surface area contributed by atoms with Crippen LogP contribution in [0.25, 0.3) is 0 Å². The van der Waals surface area contributed by atoms with Crippen LogP contribution in [-0.4, -0.2) is 84.8 Å². The molecule has 0 spiro atoms. The Bertz CT molecular complexity index is 952. The van der Waals surface area contributed by atoms with Crippen molar-refractivity contribution in [3.8, 4) is 0 Å². The predicted molar refractivity (Wildman–Crippen MR) is 176 cm³/mol. The minimum Gasteiger partial charge on any atom is -0.455 e. The minimum atomic E-state index is -0.698. The van der Waals surface area contributed by atoms with Crippen LogP contribution in [0.15, 0.2) is 12.2 Å². The molecule has 3 aliphatic heterocycles. The van der Waals surface area contributed by atoms with E-state index in [2.05, 4.69) is 27.4 Å². The van der Waals surface area contributed by atoms with Crippen molar-refractivity contribution < 1.29 is 38.0 Å². The van der Waals surface area contributed by atoms with Gasteiger partial charge in [-0.15, -0.1) is 0 Å². The Labute approximate surface area is 277 Å². The number of carbonyl (C=O) groups excluding carboxylic acids is 1. The lowest BCUT2D eigenvalue weighted by Crippen LogP contribution is -2.74. The number of ether oxygens (including phenoxy) is 7. The predicted octanol–water partition coefficient (Wildman–Crippen LogP) is 7.54. The standard InChI is InChI=1S/C38H62O8/c1-6-32(15-21-43-32)12-9-18-40-35-24-36(41-19-10-13-33(7-2)16-22-44-33)26-37(25-35,42-20-11-14-34(8-3)17-23-45-34)29-38(27-35,28-36)46-31(39)30(4)5/h4,6-29H2,1-3,5H3. The topological polar surface area (TPSA) is 81.7 Å². The largest absolute Gasteiger partial charge is 0.455 e. The molecule has 3 atom stereocenters. The van der Waals surface area contributed by atoms with E-state index in [0.717, 1.165) is 116 Å².